The van der Waals surface area contributed by atoms with E-state index in [1.165, 1.54) is 0 Å². The molecule has 0 spiro atoms. The topological polar surface area (TPSA) is 104 Å². The average Bonchev–Trinajstić information content (AvgIpc) is 2.86. The second-order valence-corrected chi connectivity index (χ2v) is 7.31. The van der Waals surface area contributed by atoms with Crippen LogP contribution in [0, 0.1) is 13.8 Å². The molecule has 0 saturated carbocycles. The van der Waals surface area contributed by atoms with E-state index in [0.29, 0.717) is 23.5 Å². The van der Waals surface area contributed by atoms with Gasteiger partial charge in [0, 0.05) is 24.6 Å². The minimum Gasteiger partial charge on any atom is -0.351 e. The third-order valence-corrected chi connectivity index (χ3v) is 5.69. The highest BCUT2D eigenvalue weighted by Crippen LogP contribution is 2.24. The number of amides is 1. The SMILES string of the molecule is Cc1n[nH]c(C)c1S(=O)(=O)NCC1CNC(=O)c2ccccc21. The van der Waals surface area contributed by atoms with Crippen molar-refractivity contribution < 1.29 is 13.2 Å². The van der Waals surface area contributed by atoms with Gasteiger partial charge in [-0.1, -0.05) is 18.2 Å². The Hall–Kier alpha value is -2.19. The van der Waals surface area contributed by atoms with E-state index in [-0.39, 0.29) is 23.3 Å². The lowest BCUT2D eigenvalue weighted by Gasteiger charge is -2.25. The lowest BCUT2D eigenvalue weighted by atomic mass is 9.91. The summed E-state index contributed by atoms with van der Waals surface area (Å²) in [4.78, 5) is 12.0. The first kappa shape index (κ1) is 15.7. The largest absolute Gasteiger partial charge is 0.351 e. The monoisotopic (exact) mass is 334 g/mol. The van der Waals surface area contributed by atoms with Gasteiger partial charge >= 0.3 is 0 Å². The number of hydrogen-bond donors (Lipinski definition) is 3. The molecule has 1 aliphatic rings. The highest BCUT2D eigenvalue weighted by atomic mass is 32.2. The molecule has 1 aliphatic heterocycles. The van der Waals surface area contributed by atoms with Crippen LogP contribution in [0.3, 0.4) is 0 Å². The van der Waals surface area contributed by atoms with E-state index < -0.39 is 10.0 Å². The fourth-order valence-electron chi connectivity index (χ4n) is 2.88. The van der Waals surface area contributed by atoms with Crippen LogP contribution in [0.5, 0.6) is 0 Å². The molecule has 1 amide bonds. The van der Waals surface area contributed by atoms with Gasteiger partial charge in [-0.15, -0.1) is 0 Å². The molecule has 8 heteroatoms. The molecule has 122 valence electrons. The number of sulfonamides is 1. The number of fused-ring (bicyclic) bond motifs is 1. The van der Waals surface area contributed by atoms with Crippen LogP contribution in [-0.4, -0.2) is 37.6 Å². The Morgan fingerprint density at radius 3 is 2.74 bits per heavy atom. The standard InChI is InChI=1S/C15H18N4O3S/c1-9-14(10(2)19-18-9)23(21,22)17-8-11-7-16-15(20)13-6-4-3-5-12(11)13/h3-6,11,17H,7-8H2,1-2H3,(H,16,20)(H,18,19). The summed E-state index contributed by atoms with van der Waals surface area (Å²) < 4.78 is 27.6. The average molecular weight is 334 g/mol. The zero-order valence-electron chi connectivity index (χ0n) is 12.9. The molecule has 0 radical (unpaired) electrons. The summed E-state index contributed by atoms with van der Waals surface area (Å²) in [6, 6.07) is 7.25. The van der Waals surface area contributed by atoms with Crippen LogP contribution in [0.25, 0.3) is 0 Å². The number of H-pyrrole nitrogens is 1. The number of aryl methyl sites for hydroxylation is 2. The molecule has 23 heavy (non-hydrogen) atoms. The van der Waals surface area contributed by atoms with Crippen LogP contribution < -0.4 is 10.0 Å². The molecule has 0 saturated heterocycles. The highest BCUT2D eigenvalue weighted by molar-refractivity contribution is 7.89. The van der Waals surface area contributed by atoms with E-state index in [1.807, 2.05) is 12.1 Å². The van der Waals surface area contributed by atoms with Crippen LogP contribution in [-0.2, 0) is 10.0 Å². The predicted octanol–water partition coefficient (Wildman–Crippen LogP) is 0.832. The number of hydrogen-bond acceptors (Lipinski definition) is 4. The predicted molar refractivity (Wildman–Crippen MR) is 84.8 cm³/mol. The van der Waals surface area contributed by atoms with Crippen molar-refractivity contribution in [3.8, 4) is 0 Å². The number of carbonyl (C=O) groups excluding carboxylic acids is 1. The van der Waals surface area contributed by atoms with Gasteiger partial charge in [-0.2, -0.15) is 5.10 Å². The molecule has 7 nitrogen and oxygen atoms in total. The first-order valence-corrected chi connectivity index (χ1v) is 8.77. The number of nitrogens with zero attached hydrogens (tertiary/aromatic N) is 1. The Kier molecular flexibility index (Phi) is 3.95. The molecule has 0 aliphatic carbocycles. The van der Waals surface area contributed by atoms with E-state index >= 15 is 0 Å². The Morgan fingerprint density at radius 2 is 2.04 bits per heavy atom. The summed E-state index contributed by atoms with van der Waals surface area (Å²) in [7, 11) is -3.65. The maximum absolute atomic E-state index is 12.5. The fourth-order valence-corrected chi connectivity index (χ4v) is 4.33. The lowest BCUT2D eigenvalue weighted by Crippen LogP contribution is -2.40. The van der Waals surface area contributed by atoms with Crippen molar-refractivity contribution >= 4 is 15.9 Å². The molecule has 1 aromatic heterocycles. The van der Waals surface area contributed by atoms with Crippen molar-refractivity contribution in [2.75, 3.05) is 13.1 Å². The molecule has 0 fully saturated rings. The van der Waals surface area contributed by atoms with Crippen molar-refractivity contribution in [1.29, 1.82) is 0 Å². The van der Waals surface area contributed by atoms with E-state index in [4.69, 9.17) is 0 Å². The molecule has 1 unspecified atom stereocenters. The first-order chi connectivity index (χ1) is 10.9. The quantitative estimate of drug-likeness (QED) is 0.770. The van der Waals surface area contributed by atoms with Gasteiger partial charge in [-0.25, -0.2) is 13.1 Å². The Bertz CT molecular complexity index is 838. The molecule has 1 atom stereocenters. The molecule has 3 rings (SSSR count). The molecule has 1 aromatic carbocycles. The maximum Gasteiger partial charge on any atom is 0.251 e. The van der Waals surface area contributed by atoms with Crippen LogP contribution in [0.1, 0.15) is 33.2 Å². The zero-order valence-corrected chi connectivity index (χ0v) is 13.7. The second-order valence-electron chi connectivity index (χ2n) is 5.61. The fraction of sp³-hybridized carbons (Fsp3) is 0.333. The smallest absolute Gasteiger partial charge is 0.251 e. The third-order valence-electron chi connectivity index (χ3n) is 4.00. The van der Waals surface area contributed by atoms with Crippen LogP contribution in [0.15, 0.2) is 29.2 Å². The van der Waals surface area contributed by atoms with Crippen molar-refractivity contribution in [1.82, 2.24) is 20.2 Å². The summed E-state index contributed by atoms with van der Waals surface area (Å²) in [5, 5.41) is 9.39. The summed E-state index contributed by atoms with van der Waals surface area (Å²) in [6.45, 7) is 3.93. The molecule has 3 N–H and O–H groups in total. The van der Waals surface area contributed by atoms with Gasteiger partial charge in [0.2, 0.25) is 10.0 Å². The molecular weight excluding hydrogens is 316 g/mol. The normalized spacial score (nSPS) is 17.7. The van der Waals surface area contributed by atoms with Crippen molar-refractivity contribution in [3.05, 3.63) is 46.8 Å². The summed E-state index contributed by atoms with van der Waals surface area (Å²) >= 11 is 0. The van der Waals surface area contributed by atoms with Crippen LogP contribution in [0.2, 0.25) is 0 Å². The molecule has 2 heterocycles. The second kappa shape index (κ2) is 5.78. The Balaban J connectivity index is 1.82. The maximum atomic E-state index is 12.5. The molecule has 2 aromatic rings. The number of nitrogens with one attached hydrogen (secondary N) is 3. The Morgan fingerprint density at radius 1 is 1.30 bits per heavy atom. The van der Waals surface area contributed by atoms with Crippen molar-refractivity contribution in [3.63, 3.8) is 0 Å². The minimum absolute atomic E-state index is 0.105. The van der Waals surface area contributed by atoms with Gasteiger partial charge in [-0.3, -0.25) is 9.89 Å². The van der Waals surface area contributed by atoms with E-state index in [1.54, 1.807) is 26.0 Å². The number of benzene rings is 1. The van der Waals surface area contributed by atoms with Crippen molar-refractivity contribution in [2.24, 2.45) is 0 Å². The number of aromatic nitrogens is 2. The third kappa shape index (κ3) is 2.87. The first-order valence-electron chi connectivity index (χ1n) is 7.28. The van der Waals surface area contributed by atoms with Gasteiger partial charge in [0.05, 0.1) is 11.4 Å². The molecule has 0 bridgehead atoms. The minimum atomic E-state index is -3.65. The lowest BCUT2D eigenvalue weighted by molar-refractivity contribution is 0.0940. The van der Waals surface area contributed by atoms with Gasteiger partial charge < -0.3 is 5.32 Å². The molecular formula is C15H18N4O3S. The zero-order chi connectivity index (χ0) is 16.6. The highest BCUT2D eigenvalue weighted by Gasteiger charge is 2.28. The van der Waals surface area contributed by atoms with Gasteiger partial charge in [0.15, 0.2) is 0 Å². The van der Waals surface area contributed by atoms with Crippen LogP contribution >= 0.6 is 0 Å². The van der Waals surface area contributed by atoms with E-state index in [0.717, 1.165) is 5.56 Å². The van der Waals surface area contributed by atoms with E-state index in [9.17, 15) is 13.2 Å². The van der Waals surface area contributed by atoms with Gasteiger partial charge in [-0.05, 0) is 25.5 Å². The Labute approximate surface area is 134 Å². The summed E-state index contributed by atoms with van der Waals surface area (Å²) in [6.07, 6.45) is 0. The number of carbonyl (C=O) groups is 1. The van der Waals surface area contributed by atoms with E-state index in [2.05, 4.69) is 20.2 Å². The van der Waals surface area contributed by atoms with Gasteiger partial charge in [0.25, 0.3) is 5.91 Å². The van der Waals surface area contributed by atoms with Gasteiger partial charge in [0.1, 0.15) is 4.90 Å². The number of rotatable bonds is 4. The summed E-state index contributed by atoms with van der Waals surface area (Å²) in [5.74, 6) is -0.229. The number of aromatic amines is 1. The summed E-state index contributed by atoms with van der Waals surface area (Å²) in [5.41, 5.74) is 2.40. The van der Waals surface area contributed by atoms with Crippen LogP contribution in [0.4, 0.5) is 0 Å². The van der Waals surface area contributed by atoms with Crippen molar-refractivity contribution in [2.45, 2.75) is 24.7 Å².